The number of hydrogen-bond acceptors (Lipinski definition) is 5. The van der Waals surface area contributed by atoms with Gasteiger partial charge in [-0.1, -0.05) is 6.07 Å². The fraction of sp³-hybridized carbons (Fsp3) is 0.462. The molecule has 0 saturated carbocycles. The maximum absolute atomic E-state index is 11.6. The predicted molar refractivity (Wildman–Crippen MR) is 75.5 cm³/mol. The molecular weight excluding hydrogens is 280 g/mol. The molecule has 0 radical (unpaired) electrons. The standard InChI is InChI=1S/C13H18N2O4S/c1-2-19-12(17)9-15-11(16)6-3-7-14-13(18)10-5-4-8-20-10/h4-5,8H,2-3,6-7,9H2,1H3,(H,14,18)(H,15,16). The van der Waals surface area contributed by atoms with Crippen LogP contribution >= 0.6 is 11.3 Å². The topological polar surface area (TPSA) is 84.5 Å². The van der Waals surface area contributed by atoms with Crippen LogP contribution in [0.3, 0.4) is 0 Å². The SMILES string of the molecule is CCOC(=O)CNC(=O)CCCNC(=O)c1cccs1. The third-order valence-corrected chi connectivity index (χ3v) is 3.21. The lowest BCUT2D eigenvalue weighted by Gasteiger charge is -2.05. The predicted octanol–water partition coefficient (Wildman–Crippen LogP) is 0.937. The van der Waals surface area contributed by atoms with E-state index in [0.29, 0.717) is 24.4 Å². The molecule has 0 unspecified atom stereocenters. The third-order valence-electron chi connectivity index (χ3n) is 2.35. The molecule has 0 aliphatic rings. The molecule has 1 heterocycles. The van der Waals surface area contributed by atoms with Gasteiger partial charge in [0.1, 0.15) is 6.54 Å². The van der Waals surface area contributed by atoms with Crippen LogP contribution in [0.25, 0.3) is 0 Å². The molecule has 1 aromatic rings. The number of thiophene rings is 1. The van der Waals surface area contributed by atoms with Gasteiger partial charge in [0, 0.05) is 13.0 Å². The number of carbonyl (C=O) groups excluding carboxylic acids is 3. The molecule has 0 bridgehead atoms. The van der Waals surface area contributed by atoms with Gasteiger partial charge in [0.2, 0.25) is 5.91 Å². The lowest BCUT2D eigenvalue weighted by molar-refractivity contribution is -0.143. The number of amides is 2. The average Bonchev–Trinajstić information content (AvgIpc) is 2.95. The van der Waals surface area contributed by atoms with Gasteiger partial charge in [-0.3, -0.25) is 14.4 Å². The van der Waals surface area contributed by atoms with Crippen LogP contribution < -0.4 is 10.6 Å². The summed E-state index contributed by atoms with van der Waals surface area (Å²) in [5.74, 6) is -0.817. The van der Waals surface area contributed by atoms with E-state index in [2.05, 4.69) is 15.4 Å². The molecule has 0 aliphatic heterocycles. The second-order valence-corrected chi connectivity index (χ2v) is 4.87. The van der Waals surface area contributed by atoms with Crippen molar-refractivity contribution in [2.24, 2.45) is 0 Å². The average molecular weight is 298 g/mol. The van der Waals surface area contributed by atoms with Crippen LogP contribution in [-0.2, 0) is 14.3 Å². The van der Waals surface area contributed by atoms with Gasteiger partial charge >= 0.3 is 5.97 Å². The molecule has 7 heteroatoms. The van der Waals surface area contributed by atoms with Crippen molar-refractivity contribution < 1.29 is 19.1 Å². The molecule has 1 aromatic heterocycles. The summed E-state index contributed by atoms with van der Waals surface area (Å²) in [5, 5.41) is 7.02. The van der Waals surface area contributed by atoms with Gasteiger partial charge in [0.15, 0.2) is 0 Å². The zero-order valence-corrected chi connectivity index (χ0v) is 12.1. The highest BCUT2D eigenvalue weighted by Gasteiger charge is 2.07. The maximum Gasteiger partial charge on any atom is 0.325 e. The van der Waals surface area contributed by atoms with Crippen molar-refractivity contribution in [2.75, 3.05) is 19.7 Å². The largest absolute Gasteiger partial charge is 0.465 e. The first kappa shape index (κ1) is 16.2. The Bertz CT molecular complexity index is 445. The molecule has 20 heavy (non-hydrogen) atoms. The number of esters is 1. The number of ether oxygens (including phenoxy) is 1. The summed E-state index contributed by atoms with van der Waals surface area (Å²) in [7, 11) is 0. The van der Waals surface area contributed by atoms with Crippen molar-refractivity contribution in [3.63, 3.8) is 0 Å². The summed E-state index contributed by atoms with van der Waals surface area (Å²) >= 11 is 1.37. The van der Waals surface area contributed by atoms with E-state index < -0.39 is 5.97 Å². The molecule has 110 valence electrons. The smallest absolute Gasteiger partial charge is 0.325 e. The minimum Gasteiger partial charge on any atom is -0.465 e. The molecule has 0 fully saturated rings. The Morgan fingerprint density at radius 2 is 2.10 bits per heavy atom. The molecule has 0 spiro atoms. The van der Waals surface area contributed by atoms with E-state index in [-0.39, 0.29) is 24.8 Å². The lowest BCUT2D eigenvalue weighted by atomic mass is 10.3. The summed E-state index contributed by atoms with van der Waals surface area (Å²) in [4.78, 5) is 34.6. The van der Waals surface area contributed by atoms with Crippen LogP contribution in [0.1, 0.15) is 29.4 Å². The summed E-state index contributed by atoms with van der Waals surface area (Å²) < 4.78 is 4.68. The van der Waals surface area contributed by atoms with E-state index in [1.807, 2.05) is 11.4 Å². The zero-order valence-electron chi connectivity index (χ0n) is 11.3. The molecule has 6 nitrogen and oxygen atoms in total. The molecule has 0 aliphatic carbocycles. The van der Waals surface area contributed by atoms with Crippen molar-refractivity contribution in [1.29, 1.82) is 0 Å². The highest BCUT2D eigenvalue weighted by atomic mass is 32.1. The molecule has 0 saturated heterocycles. The van der Waals surface area contributed by atoms with Crippen molar-refractivity contribution in [3.05, 3.63) is 22.4 Å². The number of carbonyl (C=O) groups is 3. The van der Waals surface area contributed by atoms with E-state index in [1.54, 1.807) is 13.0 Å². The van der Waals surface area contributed by atoms with Gasteiger partial charge in [-0.25, -0.2) is 0 Å². The molecule has 2 N–H and O–H groups in total. The van der Waals surface area contributed by atoms with Crippen LogP contribution in [0.2, 0.25) is 0 Å². The van der Waals surface area contributed by atoms with Crippen molar-refractivity contribution in [3.8, 4) is 0 Å². The number of nitrogens with one attached hydrogen (secondary N) is 2. The molecule has 0 atom stereocenters. The number of rotatable bonds is 8. The van der Waals surface area contributed by atoms with Gasteiger partial charge in [0.25, 0.3) is 5.91 Å². The summed E-state index contributed by atoms with van der Waals surface area (Å²) in [6.45, 7) is 2.30. The Morgan fingerprint density at radius 1 is 1.30 bits per heavy atom. The monoisotopic (exact) mass is 298 g/mol. The molecule has 0 aromatic carbocycles. The van der Waals surface area contributed by atoms with Crippen molar-refractivity contribution in [2.45, 2.75) is 19.8 Å². The first-order chi connectivity index (χ1) is 9.63. The Labute approximate surface area is 121 Å². The van der Waals surface area contributed by atoms with Crippen LogP contribution in [0, 0.1) is 0 Å². The quantitative estimate of drug-likeness (QED) is 0.552. The van der Waals surface area contributed by atoms with Gasteiger partial charge in [-0.05, 0) is 24.8 Å². The van der Waals surface area contributed by atoms with Gasteiger partial charge in [0.05, 0.1) is 11.5 Å². The van der Waals surface area contributed by atoms with Gasteiger partial charge in [-0.15, -0.1) is 11.3 Å². The van der Waals surface area contributed by atoms with E-state index in [4.69, 9.17) is 0 Å². The summed E-state index contributed by atoms with van der Waals surface area (Å²) in [5.41, 5.74) is 0. The second kappa shape index (κ2) is 9.08. The highest BCUT2D eigenvalue weighted by Crippen LogP contribution is 2.07. The van der Waals surface area contributed by atoms with E-state index in [1.165, 1.54) is 11.3 Å². The normalized spacial score (nSPS) is 9.85. The molecular formula is C13H18N2O4S. The lowest BCUT2D eigenvalue weighted by Crippen LogP contribution is -2.31. The Balaban J connectivity index is 2.07. The fourth-order valence-electron chi connectivity index (χ4n) is 1.42. The third kappa shape index (κ3) is 6.33. The van der Waals surface area contributed by atoms with Crippen LogP contribution in [0.15, 0.2) is 17.5 Å². The van der Waals surface area contributed by atoms with E-state index in [9.17, 15) is 14.4 Å². The second-order valence-electron chi connectivity index (χ2n) is 3.92. The Morgan fingerprint density at radius 3 is 2.75 bits per heavy atom. The Kier molecular flexibility index (Phi) is 7.34. The fourth-order valence-corrected chi connectivity index (χ4v) is 2.06. The van der Waals surface area contributed by atoms with Crippen molar-refractivity contribution in [1.82, 2.24) is 10.6 Å². The van der Waals surface area contributed by atoms with Crippen LogP contribution in [0.4, 0.5) is 0 Å². The van der Waals surface area contributed by atoms with Gasteiger partial charge < -0.3 is 15.4 Å². The molecule has 1 rings (SSSR count). The maximum atomic E-state index is 11.6. The van der Waals surface area contributed by atoms with E-state index in [0.717, 1.165) is 0 Å². The van der Waals surface area contributed by atoms with Crippen molar-refractivity contribution >= 4 is 29.1 Å². The molecule has 2 amide bonds. The zero-order chi connectivity index (χ0) is 14.8. The summed E-state index contributed by atoms with van der Waals surface area (Å²) in [6.07, 6.45) is 0.774. The van der Waals surface area contributed by atoms with E-state index >= 15 is 0 Å². The number of hydrogen-bond donors (Lipinski definition) is 2. The van der Waals surface area contributed by atoms with Crippen LogP contribution in [0.5, 0.6) is 0 Å². The summed E-state index contributed by atoms with van der Waals surface area (Å²) in [6, 6.07) is 3.55. The Hall–Kier alpha value is -1.89. The van der Waals surface area contributed by atoms with Gasteiger partial charge in [-0.2, -0.15) is 0 Å². The highest BCUT2D eigenvalue weighted by molar-refractivity contribution is 7.12. The van der Waals surface area contributed by atoms with Crippen LogP contribution in [-0.4, -0.2) is 37.5 Å². The minimum absolute atomic E-state index is 0.117. The first-order valence-corrected chi connectivity index (χ1v) is 7.25. The minimum atomic E-state index is -0.452. The first-order valence-electron chi connectivity index (χ1n) is 6.37.